The zero-order valence-corrected chi connectivity index (χ0v) is 17.5. The highest BCUT2D eigenvalue weighted by Crippen LogP contribution is 2.34. The van der Waals surface area contributed by atoms with Crippen LogP contribution in [0.3, 0.4) is 0 Å². The fraction of sp³-hybridized carbons (Fsp3) is 0.381. The molecule has 0 aliphatic heterocycles. The maximum atomic E-state index is 11.4. The number of hydrogen-bond acceptors (Lipinski definition) is 4. The molecule has 0 aromatic heterocycles. The van der Waals surface area contributed by atoms with Crippen molar-refractivity contribution in [2.24, 2.45) is 5.92 Å². The van der Waals surface area contributed by atoms with E-state index in [1.54, 1.807) is 7.11 Å². The van der Waals surface area contributed by atoms with Crippen LogP contribution < -0.4 is 14.8 Å². The maximum absolute atomic E-state index is 11.4. The molecule has 5 nitrogen and oxygen atoms in total. The van der Waals surface area contributed by atoms with Gasteiger partial charge in [0.1, 0.15) is 12.6 Å². The van der Waals surface area contributed by atoms with Crippen molar-refractivity contribution in [3.05, 3.63) is 58.1 Å². The van der Waals surface area contributed by atoms with E-state index in [-0.39, 0.29) is 0 Å². The summed E-state index contributed by atoms with van der Waals surface area (Å²) in [5, 5.41) is 12.5. The summed E-state index contributed by atoms with van der Waals surface area (Å²) in [6.07, 6.45) is 0.572. The molecule has 1 unspecified atom stereocenters. The first kappa shape index (κ1) is 21.3. The highest BCUT2D eigenvalue weighted by atomic mass is 79.9. The molecule has 0 aliphatic rings. The van der Waals surface area contributed by atoms with Gasteiger partial charge in [0.25, 0.3) is 0 Å². The highest BCUT2D eigenvalue weighted by Gasteiger charge is 2.19. The van der Waals surface area contributed by atoms with E-state index < -0.39 is 12.0 Å². The number of benzene rings is 2. The lowest BCUT2D eigenvalue weighted by Gasteiger charge is -2.18. The first-order valence-electron chi connectivity index (χ1n) is 8.90. The van der Waals surface area contributed by atoms with Crippen LogP contribution >= 0.6 is 15.9 Å². The molecule has 0 saturated heterocycles. The van der Waals surface area contributed by atoms with Gasteiger partial charge in [-0.05, 0) is 35.6 Å². The molecule has 2 aromatic carbocycles. The fourth-order valence-corrected chi connectivity index (χ4v) is 3.16. The van der Waals surface area contributed by atoms with E-state index in [0.29, 0.717) is 37.0 Å². The molecule has 0 spiro atoms. The van der Waals surface area contributed by atoms with Crippen LogP contribution in [0.4, 0.5) is 0 Å². The van der Waals surface area contributed by atoms with Crippen molar-refractivity contribution in [1.82, 2.24) is 5.32 Å². The summed E-state index contributed by atoms with van der Waals surface area (Å²) >= 11 is 3.55. The average molecular weight is 436 g/mol. The molecule has 0 saturated carbocycles. The number of rotatable bonds is 10. The minimum Gasteiger partial charge on any atom is -0.493 e. The Morgan fingerprint density at radius 3 is 2.48 bits per heavy atom. The quantitative estimate of drug-likeness (QED) is 0.569. The Morgan fingerprint density at radius 2 is 1.89 bits per heavy atom. The smallest absolute Gasteiger partial charge is 0.320 e. The molecular weight excluding hydrogens is 410 g/mol. The van der Waals surface area contributed by atoms with Crippen LogP contribution in [0.5, 0.6) is 11.5 Å². The van der Waals surface area contributed by atoms with Crippen LogP contribution in [0.1, 0.15) is 31.4 Å². The number of aliphatic carboxylic acids is 1. The van der Waals surface area contributed by atoms with Gasteiger partial charge in [-0.1, -0.05) is 60.1 Å². The van der Waals surface area contributed by atoms with Crippen molar-refractivity contribution in [1.29, 1.82) is 0 Å². The monoisotopic (exact) mass is 435 g/mol. The Hall–Kier alpha value is -2.05. The molecule has 2 rings (SSSR count). The lowest BCUT2D eigenvalue weighted by atomic mass is 10.0. The first-order valence-corrected chi connectivity index (χ1v) is 9.69. The molecular formula is C21H26BrNO4. The molecule has 2 N–H and O–H groups in total. The van der Waals surface area contributed by atoms with Gasteiger partial charge < -0.3 is 19.9 Å². The summed E-state index contributed by atoms with van der Waals surface area (Å²) in [6.45, 7) is 4.88. The molecule has 0 aliphatic carbocycles. The third-order valence-electron chi connectivity index (χ3n) is 4.11. The second-order valence-corrected chi connectivity index (χ2v) is 7.62. The van der Waals surface area contributed by atoms with Crippen molar-refractivity contribution < 1.29 is 19.4 Å². The third-order valence-corrected chi connectivity index (χ3v) is 4.85. The number of nitrogens with one attached hydrogen (secondary N) is 1. The van der Waals surface area contributed by atoms with Crippen LogP contribution in [0, 0.1) is 5.92 Å². The number of methoxy groups -OCH3 is 1. The number of carbonyl (C=O) groups is 1. The van der Waals surface area contributed by atoms with E-state index in [9.17, 15) is 9.90 Å². The van der Waals surface area contributed by atoms with Crippen LogP contribution in [-0.2, 0) is 17.9 Å². The number of halogens is 1. The van der Waals surface area contributed by atoms with E-state index in [2.05, 4.69) is 21.2 Å². The Bertz CT molecular complexity index is 749. The SMILES string of the molecule is COc1cc(CNC(CC(C)C)C(=O)O)c(Br)cc1OCc1ccccc1. The van der Waals surface area contributed by atoms with Crippen LogP contribution in [0.15, 0.2) is 46.9 Å². The molecule has 2 aromatic rings. The summed E-state index contributed by atoms with van der Waals surface area (Å²) in [7, 11) is 1.59. The summed E-state index contributed by atoms with van der Waals surface area (Å²) in [5.74, 6) is 0.704. The van der Waals surface area contributed by atoms with Crippen LogP contribution in [0.25, 0.3) is 0 Å². The highest BCUT2D eigenvalue weighted by molar-refractivity contribution is 9.10. The molecule has 0 heterocycles. The molecule has 0 fully saturated rings. The minimum atomic E-state index is -0.838. The molecule has 1 atom stereocenters. The molecule has 27 heavy (non-hydrogen) atoms. The van der Waals surface area contributed by atoms with Crippen molar-refractivity contribution in [2.75, 3.05) is 7.11 Å². The Balaban J connectivity index is 2.09. The fourth-order valence-electron chi connectivity index (χ4n) is 2.70. The molecule has 146 valence electrons. The Kier molecular flexibility index (Phi) is 8.13. The zero-order chi connectivity index (χ0) is 19.8. The second kappa shape index (κ2) is 10.3. The first-order chi connectivity index (χ1) is 12.9. The van der Waals surface area contributed by atoms with Crippen molar-refractivity contribution in [3.8, 4) is 11.5 Å². The minimum absolute atomic E-state index is 0.297. The summed E-state index contributed by atoms with van der Waals surface area (Å²) in [5.41, 5.74) is 1.98. The van der Waals surface area contributed by atoms with Gasteiger partial charge >= 0.3 is 5.97 Å². The second-order valence-electron chi connectivity index (χ2n) is 6.77. The molecule has 6 heteroatoms. The van der Waals surface area contributed by atoms with E-state index in [4.69, 9.17) is 9.47 Å². The van der Waals surface area contributed by atoms with Crippen molar-refractivity contribution in [3.63, 3.8) is 0 Å². The average Bonchev–Trinajstić information content (AvgIpc) is 2.64. The number of carboxylic acid groups (broad SMARTS) is 1. The zero-order valence-electron chi connectivity index (χ0n) is 15.9. The van der Waals surface area contributed by atoms with Gasteiger partial charge in [0.05, 0.1) is 7.11 Å². The predicted octanol–water partition coefficient (Wildman–Crippen LogP) is 4.63. The molecule has 0 bridgehead atoms. The van der Waals surface area contributed by atoms with Crippen LogP contribution in [-0.4, -0.2) is 24.2 Å². The van der Waals surface area contributed by atoms with Gasteiger partial charge in [-0.25, -0.2) is 0 Å². The van der Waals surface area contributed by atoms with Crippen LogP contribution in [0.2, 0.25) is 0 Å². The standard InChI is InChI=1S/C21H26BrNO4/c1-14(2)9-18(21(24)25)23-12-16-10-19(26-3)20(11-17(16)22)27-13-15-7-5-4-6-8-15/h4-8,10-11,14,18,23H,9,12-13H2,1-3H3,(H,24,25). The van der Waals surface area contributed by atoms with Gasteiger partial charge in [0.2, 0.25) is 0 Å². The lowest BCUT2D eigenvalue weighted by Crippen LogP contribution is -2.37. The van der Waals surface area contributed by atoms with Crippen molar-refractivity contribution in [2.45, 2.75) is 39.5 Å². The van der Waals surface area contributed by atoms with Gasteiger partial charge in [0, 0.05) is 11.0 Å². The third kappa shape index (κ3) is 6.56. The topological polar surface area (TPSA) is 67.8 Å². The summed E-state index contributed by atoms with van der Waals surface area (Å²) < 4.78 is 12.2. The summed E-state index contributed by atoms with van der Waals surface area (Å²) in [6, 6.07) is 13.0. The number of hydrogen-bond donors (Lipinski definition) is 2. The van der Waals surface area contributed by atoms with Gasteiger partial charge in [-0.2, -0.15) is 0 Å². The molecule has 0 amide bonds. The number of carboxylic acids is 1. The van der Waals surface area contributed by atoms with Gasteiger partial charge in [-0.3, -0.25) is 4.79 Å². The number of ether oxygens (including phenoxy) is 2. The van der Waals surface area contributed by atoms with E-state index in [1.807, 2.05) is 56.3 Å². The van der Waals surface area contributed by atoms with Gasteiger partial charge in [-0.15, -0.1) is 0 Å². The van der Waals surface area contributed by atoms with E-state index in [1.165, 1.54) is 0 Å². The van der Waals surface area contributed by atoms with E-state index >= 15 is 0 Å². The normalized spacial score (nSPS) is 12.0. The predicted molar refractivity (Wildman–Crippen MR) is 109 cm³/mol. The Morgan fingerprint density at radius 1 is 1.19 bits per heavy atom. The van der Waals surface area contributed by atoms with Gasteiger partial charge in [0.15, 0.2) is 11.5 Å². The lowest BCUT2D eigenvalue weighted by molar-refractivity contribution is -0.140. The summed E-state index contributed by atoms with van der Waals surface area (Å²) in [4.78, 5) is 11.4. The molecule has 0 radical (unpaired) electrons. The Labute approximate surface area is 168 Å². The van der Waals surface area contributed by atoms with E-state index in [0.717, 1.165) is 15.6 Å². The largest absolute Gasteiger partial charge is 0.493 e. The maximum Gasteiger partial charge on any atom is 0.320 e. The van der Waals surface area contributed by atoms with Crippen molar-refractivity contribution >= 4 is 21.9 Å².